The molecule has 0 amide bonds. The number of benzene rings is 3. The Bertz CT molecular complexity index is 1210. The molecule has 34 heavy (non-hydrogen) atoms. The quantitative estimate of drug-likeness (QED) is 0.287. The Balaban J connectivity index is 1.61. The lowest BCUT2D eigenvalue weighted by atomic mass is 9.99. The maximum absolute atomic E-state index is 10.3. The molecular formula is C30H31NO3. The number of hydrogen-bond acceptors (Lipinski definition) is 4. The number of hydrogen-bond donors (Lipinski definition) is 1. The highest BCUT2D eigenvalue weighted by molar-refractivity contribution is 5.47. The third kappa shape index (κ3) is 5.83. The lowest BCUT2D eigenvalue weighted by molar-refractivity contribution is 0.255. The van der Waals surface area contributed by atoms with Crippen molar-refractivity contribution >= 4 is 0 Å². The number of ether oxygens (including phenoxy) is 2. The van der Waals surface area contributed by atoms with E-state index in [9.17, 15) is 5.11 Å². The Kier molecular flexibility index (Phi) is 7.95. The number of nitrogens with zero attached hydrogens (tertiary/aromatic N) is 1. The molecule has 4 heteroatoms. The van der Waals surface area contributed by atoms with Gasteiger partial charge in [-0.25, -0.2) is 0 Å². The van der Waals surface area contributed by atoms with E-state index in [1.54, 1.807) is 0 Å². The van der Waals surface area contributed by atoms with E-state index in [0.717, 1.165) is 63.7 Å². The largest absolute Gasteiger partial charge is 0.487 e. The number of aromatic nitrogens is 1. The van der Waals surface area contributed by atoms with Crippen LogP contribution in [0.15, 0.2) is 84.9 Å². The van der Waals surface area contributed by atoms with Crippen LogP contribution in [0.5, 0.6) is 17.2 Å². The zero-order chi connectivity index (χ0) is 23.8. The molecule has 4 nitrogen and oxygen atoms in total. The number of rotatable bonds is 10. The number of aliphatic hydroxyl groups excluding tert-OH is 1. The van der Waals surface area contributed by atoms with Crippen LogP contribution in [0.1, 0.15) is 47.0 Å². The van der Waals surface area contributed by atoms with Crippen LogP contribution < -0.4 is 9.47 Å². The van der Waals surface area contributed by atoms with Crippen LogP contribution in [0.2, 0.25) is 0 Å². The molecule has 0 atom stereocenters. The predicted octanol–water partition coefficient (Wildman–Crippen LogP) is 6.80. The van der Waals surface area contributed by atoms with Gasteiger partial charge in [-0.3, -0.25) is 4.98 Å². The molecule has 0 aliphatic heterocycles. The summed E-state index contributed by atoms with van der Waals surface area (Å²) in [4.78, 5) is 5.01. The van der Waals surface area contributed by atoms with E-state index in [2.05, 4.69) is 13.0 Å². The van der Waals surface area contributed by atoms with E-state index in [1.165, 1.54) is 0 Å². The smallest absolute Gasteiger partial charge is 0.147 e. The van der Waals surface area contributed by atoms with Gasteiger partial charge in [0.2, 0.25) is 0 Å². The van der Waals surface area contributed by atoms with Crippen molar-refractivity contribution in [2.45, 2.75) is 46.3 Å². The van der Waals surface area contributed by atoms with Crippen molar-refractivity contribution < 1.29 is 14.6 Å². The molecule has 0 unspecified atom stereocenters. The molecule has 3 aromatic carbocycles. The molecule has 1 N–H and O–H groups in total. The standard InChI is InChI=1S/C30H31NO3/c1-3-11-28-30(33-21-23-12-6-4-7-13-23)27(20-32)22(2)29(31-28)19-24-14-10-17-26(18-24)34-25-15-8-5-9-16-25/h4-10,12-18,32H,3,11,19-21H2,1-2H3. The lowest BCUT2D eigenvalue weighted by Crippen LogP contribution is -2.10. The second-order valence-corrected chi connectivity index (χ2v) is 8.36. The van der Waals surface area contributed by atoms with Gasteiger partial charge in [-0.1, -0.05) is 74.0 Å². The van der Waals surface area contributed by atoms with Crippen LogP contribution in [0, 0.1) is 6.92 Å². The summed E-state index contributed by atoms with van der Waals surface area (Å²) in [6, 6.07) is 27.9. The highest BCUT2D eigenvalue weighted by Gasteiger charge is 2.18. The highest BCUT2D eigenvalue weighted by Crippen LogP contribution is 2.31. The Morgan fingerprint density at radius 3 is 2.18 bits per heavy atom. The minimum absolute atomic E-state index is 0.0840. The van der Waals surface area contributed by atoms with E-state index >= 15 is 0 Å². The van der Waals surface area contributed by atoms with Crippen LogP contribution in [-0.4, -0.2) is 10.1 Å². The fraction of sp³-hybridized carbons (Fsp3) is 0.233. The molecule has 1 aromatic heterocycles. The summed E-state index contributed by atoms with van der Waals surface area (Å²) in [6.45, 7) is 4.51. The van der Waals surface area contributed by atoms with Gasteiger partial charge in [0.15, 0.2) is 0 Å². The fourth-order valence-electron chi connectivity index (χ4n) is 4.02. The zero-order valence-corrected chi connectivity index (χ0v) is 19.8. The second kappa shape index (κ2) is 11.5. The average molecular weight is 454 g/mol. The minimum Gasteiger partial charge on any atom is -0.487 e. The first-order chi connectivity index (χ1) is 16.7. The van der Waals surface area contributed by atoms with Gasteiger partial charge in [0.1, 0.15) is 23.9 Å². The molecule has 174 valence electrons. The number of aliphatic hydroxyl groups is 1. The third-order valence-corrected chi connectivity index (χ3v) is 5.81. The van der Waals surface area contributed by atoms with Crippen molar-refractivity contribution in [2.24, 2.45) is 0 Å². The van der Waals surface area contributed by atoms with E-state index in [0.29, 0.717) is 13.0 Å². The van der Waals surface area contributed by atoms with Crippen LogP contribution >= 0.6 is 0 Å². The van der Waals surface area contributed by atoms with Crippen LogP contribution in [0.4, 0.5) is 0 Å². The minimum atomic E-state index is -0.0840. The van der Waals surface area contributed by atoms with Crippen molar-refractivity contribution in [1.29, 1.82) is 0 Å². The molecule has 0 saturated heterocycles. The van der Waals surface area contributed by atoms with E-state index in [4.69, 9.17) is 14.5 Å². The Morgan fingerprint density at radius 1 is 0.794 bits per heavy atom. The van der Waals surface area contributed by atoms with E-state index in [-0.39, 0.29) is 6.61 Å². The van der Waals surface area contributed by atoms with Gasteiger partial charge < -0.3 is 14.6 Å². The first-order valence-electron chi connectivity index (χ1n) is 11.8. The van der Waals surface area contributed by atoms with Crippen LogP contribution in [0.3, 0.4) is 0 Å². The Labute approximate surface area is 201 Å². The topological polar surface area (TPSA) is 51.6 Å². The number of pyridine rings is 1. The molecule has 0 fully saturated rings. The van der Waals surface area contributed by atoms with E-state index < -0.39 is 0 Å². The summed E-state index contributed by atoms with van der Waals surface area (Å²) in [5, 5.41) is 10.3. The third-order valence-electron chi connectivity index (χ3n) is 5.81. The summed E-state index contributed by atoms with van der Waals surface area (Å²) < 4.78 is 12.2. The first kappa shape index (κ1) is 23.5. The van der Waals surface area contributed by atoms with Crippen LogP contribution in [-0.2, 0) is 26.1 Å². The molecule has 1 heterocycles. The number of aryl methyl sites for hydroxylation is 1. The van der Waals surface area contributed by atoms with E-state index in [1.807, 2.05) is 85.8 Å². The summed E-state index contributed by atoms with van der Waals surface area (Å²) in [7, 11) is 0. The summed E-state index contributed by atoms with van der Waals surface area (Å²) in [5.74, 6) is 2.32. The lowest BCUT2D eigenvalue weighted by Gasteiger charge is -2.19. The van der Waals surface area contributed by atoms with Gasteiger partial charge in [0.25, 0.3) is 0 Å². The zero-order valence-electron chi connectivity index (χ0n) is 19.8. The van der Waals surface area contributed by atoms with Crippen molar-refractivity contribution in [1.82, 2.24) is 4.98 Å². The van der Waals surface area contributed by atoms with Gasteiger partial charge in [0, 0.05) is 17.7 Å². The van der Waals surface area contributed by atoms with Gasteiger partial charge in [-0.05, 0) is 54.3 Å². The molecule has 0 saturated carbocycles. The van der Waals surface area contributed by atoms with Gasteiger partial charge in [0.05, 0.1) is 12.3 Å². The van der Waals surface area contributed by atoms with Crippen molar-refractivity contribution in [3.8, 4) is 17.2 Å². The molecule has 4 rings (SSSR count). The molecule has 0 aliphatic rings. The summed E-state index contributed by atoms with van der Waals surface area (Å²) in [6.07, 6.45) is 2.39. The fourth-order valence-corrected chi connectivity index (χ4v) is 4.02. The van der Waals surface area contributed by atoms with Gasteiger partial charge in [-0.15, -0.1) is 0 Å². The van der Waals surface area contributed by atoms with Crippen molar-refractivity contribution in [3.63, 3.8) is 0 Å². The van der Waals surface area contributed by atoms with Gasteiger partial charge >= 0.3 is 0 Å². The molecule has 0 bridgehead atoms. The second-order valence-electron chi connectivity index (χ2n) is 8.36. The molecule has 4 aromatic rings. The van der Waals surface area contributed by atoms with Crippen LogP contribution in [0.25, 0.3) is 0 Å². The van der Waals surface area contributed by atoms with Gasteiger partial charge in [-0.2, -0.15) is 0 Å². The monoisotopic (exact) mass is 453 g/mol. The maximum Gasteiger partial charge on any atom is 0.147 e. The first-order valence-corrected chi connectivity index (χ1v) is 11.8. The van der Waals surface area contributed by atoms with Crippen molar-refractivity contribution in [2.75, 3.05) is 0 Å². The normalized spacial score (nSPS) is 10.8. The summed E-state index contributed by atoms with van der Waals surface area (Å²) >= 11 is 0. The average Bonchev–Trinajstić information content (AvgIpc) is 2.86. The molecule has 0 spiro atoms. The molecule has 0 radical (unpaired) electrons. The summed E-state index contributed by atoms with van der Waals surface area (Å²) in [5.41, 5.74) is 5.84. The molecular weight excluding hydrogens is 422 g/mol. The molecule has 0 aliphatic carbocycles. The Hall–Kier alpha value is -3.63. The Morgan fingerprint density at radius 2 is 1.47 bits per heavy atom. The number of para-hydroxylation sites is 1. The highest BCUT2D eigenvalue weighted by atomic mass is 16.5. The predicted molar refractivity (Wildman–Crippen MR) is 135 cm³/mol. The van der Waals surface area contributed by atoms with Crippen molar-refractivity contribution in [3.05, 3.63) is 119 Å². The SMILES string of the molecule is CCCc1nc(Cc2cccc(Oc3ccccc3)c2)c(C)c(CO)c1OCc1ccccc1. The maximum atomic E-state index is 10.3.